The Morgan fingerprint density at radius 1 is 1.33 bits per heavy atom. The van der Waals surface area contributed by atoms with Crippen LogP contribution in [0.3, 0.4) is 0 Å². The summed E-state index contributed by atoms with van der Waals surface area (Å²) in [6, 6.07) is 5.43. The van der Waals surface area contributed by atoms with Crippen molar-refractivity contribution in [3.8, 4) is 11.5 Å². The molecule has 2 rings (SSSR count). The first-order valence-corrected chi connectivity index (χ1v) is 8.68. The van der Waals surface area contributed by atoms with Crippen molar-refractivity contribution < 1.29 is 24.1 Å². The van der Waals surface area contributed by atoms with Gasteiger partial charge in [-0.25, -0.2) is 4.79 Å². The third-order valence-electron chi connectivity index (χ3n) is 3.96. The molecule has 27 heavy (non-hydrogen) atoms. The lowest BCUT2D eigenvalue weighted by Crippen LogP contribution is -2.24. The number of aromatic nitrogens is 3. The summed E-state index contributed by atoms with van der Waals surface area (Å²) < 4.78 is 17.9. The van der Waals surface area contributed by atoms with Crippen LogP contribution in [0.4, 0.5) is 0 Å². The molecule has 0 aliphatic rings. The Balaban J connectivity index is 2.01. The van der Waals surface area contributed by atoms with E-state index in [9.17, 15) is 4.79 Å². The van der Waals surface area contributed by atoms with Crippen molar-refractivity contribution in [3.05, 3.63) is 35.9 Å². The molecule has 1 aromatic carbocycles. The van der Waals surface area contributed by atoms with E-state index in [1.165, 1.54) is 14.0 Å². The van der Waals surface area contributed by atoms with E-state index in [4.69, 9.17) is 19.3 Å². The van der Waals surface area contributed by atoms with Gasteiger partial charge in [0.2, 0.25) is 0 Å². The minimum Gasteiger partial charge on any atom is -0.493 e. The minimum atomic E-state index is -1.04. The first-order chi connectivity index (χ1) is 13.1. The molecule has 148 valence electrons. The van der Waals surface area contributed by atoms with Crippen LogP contribution < -0.4 is 14.8 Å². The van der Waals surface area contributed by atoms with Gasteiger partial charge < -0.3 is 29.2 Å². The Morgan fingerprint density at radius 2 is 2.15 bits per heavy atom. The minimum absolute atomic E-state index is 0.420. The molecule has 0 aliphatic carbocycles. The highest BCUT2D eigenvalue weighted by Gasteiger charge is 2.18. The molecule has 0 bridgehead atoms. The molecule has 1 unspecified atom stereocenters. The van der Waals surface area contributed by atoms with Crippen molar-refractivity contribution in [1.82, 2.24) is 20.1 Å². The molecule has 0 spiro atoms. The second-order valence-electron chi connectivity index (χ2n) is 5.94. The van der Waals surface area contributed by atoms with Crippen LogP contribution in [0, 0.1) is 0 Å². The topological polar surface area (TPSA) is 108 Å². The van der Waals surface area contributed by atoms with Crippen molar-refractivity contribution >= 4 is 5.97 Å². The average molecular weight is 378 g/mol. The van der Waals surface area contributed by atoms with Crippen molar-refractivity contribution in [2.45, 2.75) is 39.1 Å². The van der Waals surface area contributed by atoms with Crippen molar-refractivity contribution in [3.63, 3.8) is 0 Å². The molecule has 2 aromatic rings. The van der Waals surface area contributed by atoms with E-state index in [1.54, 1.807) is 19.5 Å². The van der Waals surface area contributed by atoms with Gasteiger partial charge in [0, 0.05) is 32.4 Å². The van der Waals surface area contributed by atoms with Crippen LogP contribution in [0.1, 0.15) is 24.7 Å². The Hall–Kier alpha value is -2.65. The number of nitrogens with one attached hydrogen (secondary N) is 1. The van der Waals surface area contributed by atoms with Crippen LogP contribution in [0.25, 0.3) is 0 Å². The van der Waals surface area contributed by atoms with Gasteiger partial charge in [0.1, 0.15) is 12.2 Å². The molecule has 0 fully saturated rings. The Labute approximate surface area is 158 Å². The van der Waals surface area contributed by atoms with Crippen LogP contribution in [-0.2, 0) is 29.2 Å². The van der Waals surface area contributed by atoms with Gasteiger partial charge in [-0.1, -0.05) is 12.1 Å². The van der Waals surface area contributed by atoms with Crippen LogP contribution in [0.2, 0.25) is 0 Å². The van der Waals surface area contributed by atoms with Gasteiger partial charge >= 0.3 is 5.97 Å². The maximum atomic E-state index is 11.1. The highest BCUT2D eigenvalue weighted by Crippen LogP contribution is 2.32. The third kappa shape index (κ3) is 5.93. The lowest BCUT2D eigenvalue weighted by molar-refractivity contribution is -0.144. The maximum absolute atomic E-state index is 11.1. The fraction of sp³-hybridized carbons (Fsp3) is 0.500. The van der Waals surface area contributed by atoms with Crippen LogP contribution >= 0.6 is 0 Å². The highest BCUT2D eigenvalue weighted by molar-refractivity contribution is 5.72. The number of benzene rings is 1. The fourth-order valence-corrected chi connectivity index (χ4v) is 2.51. The molecule has 0 saturated heterocycles. The lowest BCUT2D eigenvalue weighted by Gasteiger charge is -2.17. The zero-order valence-electron chi connectivity index (χ0n) is 15.8. The number of carbonyl (C=O) groups is 1. The third-order valence-corrected chi connectivity index (χ3v) is 3.96. The Kier molecular flexibility index (Phi) is 8.02. The number of ether oxygens (including phenoxy) is 3. The first-order valence-electron chi connectivity index (χ1n) is 8.68. The van der Waals surface area contributed by atoms with E-state index in [0.717, 1.165) is 24.4 Å². The largest absolute Gasteiger partial charge is 0.493 e. The quantitative estimate of drug-likeness (QED) is 0.535. The van der Waals surface area contributed by atoms with Crippen molar-refractivity contribution in [2.24, 2.45) is 0 Å². The van der Waals surface area contributed by atoms with Crippen molar-refractivity contribution in [1.29, 1.82) is 0 Å². The average Bonchev–Trinajstić information content (AvgIpc) is 3.10. The van der Waals surface area contributed by atoms with E-state index in [0.29, 0.717) is 31.2 Å². The Bertz CT molecular complexity index is 734. The molecule has 0 saturated carbocycles. The summed E-state index contributed by atoms with van der Waals surface area (Å²) in [5.41, 5.74) is 0.799. The highest BCUT2D eigenvalue weighted by atomic mass is 16.5. The number of carboxylic acids is 1. The smallest absolute Gasteiger partial charge is 0.344 e. The number of aliphatic carboxylic acids is 1. The molecule has 9 nitrogen and oxygen atoms in total. The van der Waals surface area contributed by atoms with Crippen LogP contribution in [0.5, 0.6) is 11.5 Å². The predicted molar refractivity (Wildman–Crippen MR) is 97.8 cm³/mol. The molecular weight excluding hydrogens is 352 g/mol. The number of methoxy groups -OCH3 is 2. The van der Waals surface area contributed by atoms with Gasteiger partial charge in [-0.2, -0.15) is 0 Å². The lowest BCUT2D eigenvalue weighted by atomic mass is 10.1. The summed E-state index contributed by atoms with van der Waals surface area (Å²) in [5.74, 6) is 0.688. The predicted octanol–water partition coefficient (Wildman–Crippen LogP) is 1.46. The molecule has 0 aliphatic heterocycles. The molecule has 1 atom stereocenters. The van der Waals surface area contributed by atoms with E-state index >= 15 is 0 Å². The normalized spacial score (nSPS) is 12.0. The van der Waals surface area contributed by atoms with Crippen LogP contribution in [0.15, 0.2) is 24.5 Å². The van der Waals surface area contributed by atoms with Gasteiger partial charge in [-0.3, -0.25) is 0 Å². The zero-order valence-corrected chi connectivity index (χ0v) is 15.8. The zero-order chi connectivity index (χ0) is 19.6. The molecule has 0 amide bonds. The van der Waals surface area contributed by atoms with E-state index in [2.05, 4.69) is 15.5 Å². The van der Waals surface area contributed by atoms with Crippen molar-refractivity contribution in [2.75, 3.05) is 20.8 Å². The summed E-state index contributed by atoms with van der Waals surface area (Å²) in [6.07, 6.45) is 1.59. The van der Waals surface area contributed by atoms with Gasteiger partial charge in [0.15, 0.2) is 17.6 Å². The van der Waals surface area contributed by atoms with E-state index in [-0.39, 0.29) is 0 Å². The number of rotatable bonds is 12. The van der Waals surface area contributed by atoms with Gasteiger partial charge in [0.05, 0.1) is 13.7 Å². The van der Waals surface area contributed by atoms with Crippen LogP contribution in [-0.4, -0.2) is 52.8 Å². The summed E-state index contributed by atoms with van der Waals surface area (Å²) >= 11 is 0. The number of aryl methyl sites for hydroxylation is 1. The SMILES string of the molecule is COCCCn1cnnc1CNCc1cccc(OC)c1OC(C)C(=O)O. The van der Waals surface area contributed by atoms with E-state index < -0.39 is 12.1 Å². The standard InChI is InChI=1S/C18H26N4O5/c1-13(18(23)24)27-17-14(6-4-7-15(17)26-3)10-19-11-16-21-20-12-22(16)8-5-9-25-2/h4,6-7,12-13,19H,5,8-11H2,1-3H3,(H,23,24). The number of hydrogen-bond donors (Lipinski definition) is 2. The van der Waals surface area contributed by atoms with Gasteiger partial charge in [-0.15, -0.1) is 10.2 Å². The number of nitrogens with zero attached hydrogens (tertiary/aromatic N) is 3. The molecule has 1 aromatic heterocycles. The molecule has 9 heteroatoms. The summed E-state index contributed by atoms with van der Waals surface area (Å²) in [6.45, 7) is 3.91. The maximum Gasteiger partial charge on any atom is 0.344 e. The Morgan fingerprint density at radius 3 is 2.85 bits per heavy atom. The molecule has 0 radical (unpaired) electrons. The summed E-state index contributed by atoms with van der Waals surface area (Å²) in [5, 5.41) is 20.5. The monoisotopic (exact) mass is 378 g/mol. The molecule has 2 N–H and O–H groups in total. The summed E-state index contributed by atoms with van der Waals surface area (Å²) in [7, 11) is 3.20. The first kappa shape index (κ1) is 20.7. The second kappa shape index (κ2) is 10.5. The molecular formula is C18H26N4O5. The van der Waals surface area contributed by atoms with Gasteiger partial charge in [-0.05, 0) is 19.4 Å². The number of hydrogen-bond acceptors (Lipinski definition) is 7. The number of para-hydroxylation sites is 1. The second-order valence-corrected chi connectivity index (χ2v) is 5.94. The summed E-state index contributed by atoms with van der Waals surface area (Å²) in [4.78, 5) is 11.1. The van der Waals surface area contributed by atoms with E-state index in [1.807, 2.05) is 16.7 Å². The van der Waals surface area contributed by atoms with Gasteiger partial charge in [0.25, 0.3) is 0 Å². The fourth-order valence-electron chi connectivity index (χ4n) is 2.51. The molecule has 1 heterocycles. The number of carboxylic acid groups (broad SMARTS) is 1.